The van der Waals surface area contributed by atoms with Crippen molar-refractivity contribution >= 4 is 17.6 Å². The third kappa shape index (κ3) is 6.39. The number of nitrogens with one attached hydrogen (secondary N) is 2. The van der Waals surface area contributed by atoms with Crippen molar-refractivity contribution in [3.05, 3.63) is 24.3 Å². The standard InChI is InChI=1S/C21H34N4O3/c1-19(2,3)14(16(26)21(7,8)9)24-18(28)15(20(4,5)6)25-17(27)13-12-22-10-11-23-13/h10-12,14-15H,1-9H3,(H,24,28)(H,25,27). The summed E-state index contributed by atoms with van der Waals surface area (Å²) in [6.07, 6.45) is 4.23. The zero-order valence-electron chi connectivity index (χ0n) is 18.5. The van der Waals surface area contributed by atoms with Gasteiger partial charge in [0.05, 0.1) is 12.2 Å². The number of aromatic nitrogens is 2. The number of hydrogen-bond donors (Lipinski definition) is 2. The van der Waals surface area contributed by atoms with Crippen molar-refractivity contribution in [1.29, 1.82) is 0 Å². The van der Waals surface area contributed by atoms with Gasteiger partial charge in [0.1, 0.15) is 11.7 Å². The molecule has 28 heavy (non-hydrogen) atoms. The lowest BCUT2D eigenvalue weighted by molar-refractivity contribution is -0.136. The highest BCUT2D eigenvalue weighted by Crippen LogP contribution is 2.28. The van der Waals surface area contributed by atoms with Crippen molar-refractivity contribution in [1.82, 2.24) is 20.6 Å². The van der Waals surface area contributed by atoms with Crippen molar-refractivity contribution in [2.24, 2.45) is 16.2 Å². The summed E-state index contributed by atoms with van der Waals surface area (Å²) in [5.41, 5.74) is -1.53. The lowest BCUT2D eigenvalue weighted by Crippen LogP contribution is -2.60. The van der Waals surface area contributed by atoms with Crippen molar-refractivity contribution in [3.8, 4) is 0 Å². The second-order valence-corrected chi connectivity index (χ2v) is 10.3. The van der Waals surface area contributed by atoms with E-state index in [1.807, 2.05) is 62.3 Å². The number of hydrogen-bond acceptors (Lipinski definition) is 5. The summed E-state index contributed by atoms with van der Waals surface area (Å²) < 4.78 is 0. The maximum atomic E-state index is 13.1. The van der Waals surface area contributed by atoms with Crippen molar-refractivity contribution in [2.45, 2.75) is 74.4 Å². The Balaban J connectivity index is 3.12. The van der Waals surface area contributed by atoms with Crippen LogP contribution in [0.25, 0.3) is 0 Å². The van der Waals surface area contributed by atoms with Crippen LogP contribution in [0.5, 0.6) is 0 Å². The maximum Gasteiger partial charge on any atom is 0.272 e. The topological polar surface area (TPSA) is 101 Å². The molecule has 1 rings (SSSR count). The quantitative estimate of drug-likeness (QED) is 0.805. The molecule has 0 radical (unpaired) electrons. The third-order valence-electron chi connectivity index (χ3n) is 4.35. The molecule has 2 unspecified atom stereocenters. The Morgan fingerprint density at radius 1 is 0.821 bits per heavy atom. The second-order valence-electron chi connectivity index (χ2n) is 10.3. The van der Waals surface area contributed by atoms with E-state index >= 15 is 0 Å². The molecular formula is C21H34N4O3. The largest absolute Gasteiger partial charge is 0.344 e. The average Bonchev–Trinajstić information content (AvgIpc) is 2.54. The van der Waals surface area contributed by atoms with Gasteiger partial charge < -0.3 is 10.6 Å². The number of nitrogens with zero attached hydrogens (tertiary/aromatic N) is 2. The summed E-state index contributed by atoms with van der Waals surface area (Å²) >= 11 is 0. The number of carbonyl (C=O) groups is 3. The molecule has 7 heteroatoms. The summed E-state index contributed by atoms with van der Waals surface area (Å²) in [6.45, 7) is 16.8. The third-order valence-corrected chi connectivity index (χ3v) is 4.35. The first-order valence-electron chi connectivity index (χ1n) is 9.46. The van der Waals surface area contributed by atoms with Gasteiger partial charge in [0.2, 0.25) is 5.91 Å². The van der Waals surface area contributed by atoms with E-state index in [2.05, 4.69) is 20.6 Å². The van der Waals surface area contributed by atoms with E-state index in [0.717, 1.165) is 0 Å². The molecule has 2 atom stereocenters. The number of rotatable bonds is 5. The zero-order chi connectivity index (χ0) is 21.9. The number of Topliss-reactive ketones (excluding diaryl/α,β-unsaturated/α-hetero) is 1. The summed E-state index contributed by atoms with van der Waals surface area (Å²) in [6, 6.07) is -1.53. The number of ketones is 1. The fourth-order valence-electron chi connectivity index (χ4n) is 2.63. The van der Waals surface area contributed by atoms with Gasteiger partial charge in [-0.3, -0.25) is 19.4 Å². The van der Waals surface area contributed by atoms with Gasteiger partial charge >= 0.3 is 0 Å². The van der Waals surface area contributed by atoms with E-state index in [0.29, 0.717) is 0 Å². The van der Waals surface area contributed by atoms with Crippen LogP contribution < -0.4 is 10.6 Å². The lowest BCUT2D eigenvalue weighted by Gasteiger charge is -2.37. The van der Waals surface area contributed by atoms with Gasteiger partial charge in [0, 0.05) is 17.8 Å². The fraction of sp³-hybridized carbons (Fsp3) is 0.667. The van der Waals surface area contributed by atoms with Crippen LogP contribution in [-0.4, -0.2) is 39.6 Å². The molecule has 1 aromatic heterocycles. The van der Waals surface area contributed by atoms with Crippen LogP contribution in [-0.2, 0) is 9.59 Å². The van der Waals surface area contributed by atoms with E-state index in [4.69, 9.17) is 0 Å². The molecule has 1 aromatic rings. The van der Waals surface area contributed by atoms with Crippen molar-refractivity contribution in [3.63, 3.8) is 0 Å². The van der Waals surface area contributed by atoms with Crippen molar-refractivity contribution < 1.29 is 14.4 Å². The van der Waals surface area contributed by atoms with Crippen LogP contribution >= 0.6 is 0 Å². The van der Waals surface area contributed by atoms with Gasteiger partial charge in [0.15, 0.2) is 5.78 Å². The zero-order valence-corrected chi connectivity index (χ0v) is 18.5. The molecule has 0 saturated carbocycles. The predicted octanol–water partition coefficient (Wildman–Crippen LogP) is 2.77. The molecule has 0 aliphatic heterocycles. The molecule has 0 bridgehead atoms. The highest BCUT2D eigenvalue weighted by atomic mass is 16.2. The summed E-state index contributed by atoms with van der Waals surface area (Å²) in [4.78, 5) is 46.5. The number of carbonyl (C=O) groups excluding carboxylic acids is 3. The smallest absolute Gasteiger partial charge is 0.272 e. The molecule has 0 aliphatic carbocycles. The Morgan fingerprint density at radius 3 is 1.75 bits per heavy atom. The molecule has 1 heterocycles. The minimum atomic E-state index is -0.848. The normalized spacial score (nSPS) is 14.8. The lowest BCUT2D eigenvalue weighted by atomic mass is 9.75. The molecule has 0 aromatic carbocycles. The predicted molar refractivity (Wildman–Crippen MR) is 109 cm³/mol. The minimum Gasteiger partial charge on any atom is -0.344 e. The first kappa shape index (κ1) is 23.7. The van der Waals surface area contributed by atoms with E-state index in [1.54, 1.807) is 0 Å². The second kappa shape index (κ2) is 8.37. The Bertz CT molecular complexity index is 710. The summed E-state index contributed by atoms with van der Waals surface area (Å²) in [5, 5.41) is 5.63. The van der Waals surface area contributed by atoms with Gasteiger partial charge in [0.25, 0.3) is 5.91 Å². The molecule has 156 valence electrons. The van der Waals surface area contributed by atoms with Gasteiger partial charge in [-0.15, -0.1) is 0 Å². The van der Waals surface area contributed by atoms with Gasteiger partial charge in [-0.1, -0.05) is 62.3 Å². The first-order chi connectivity index (χ1) is 12.5. The van der Waals surface area contributed by atoms with Crippen LogP contribution in [0.4, 0.5) is 0 Å². The van der Waals surface area contributed by atoms with Gasteiger partial charge in [-0.2, -0.15) is 0 Å². The van der Waals surface area contributed by atoms with Crippen molar-refractivity contribution in [2.75, 3.05) is 0 Å². The Hall–Kier alpha value is -2.31. The molecule has 0 aliphatic rings. The van der Waals surface area contributed by atoms with Crippen LogP contribution in [0, 0.1) is 16.2 Å². The first-order valence-corrected chi connectivity index (χ1v) is 9.46. The SMILES string of the molecule is CC(C)(C)C(=O)C(NC(=O)C(NC(=O)c1cnccn1)C(C)(C)C)C(C)(C)C. The van der Waals surface area contributed by atoms with E-state index in [-0.39, 0.29) is 11.5 Å². The summed E-state index contributed by atoms with van der Waals surface area (Å²) in [5.74, 6) is -0.943. The van der Waals surface area contributed by atoms with Crippen LogP contribution in [0.2, 0.25) is 0 Å². The Kier molecular flexibility index (Phi) is 7.09. The van der Waals surface area contributed by atoms with Crippen LogP contribution in [0.3, 0.4) is 0 Å². The van der Waals surface area contributed by atoms with Crippen LogP contribution in [0.1, 0.15) is 72.8 Å². The van der Waals surface area contributed by atoms with E-state index in [9.17, 15) is 14.4 Å². The fourth-order valence-corrected chi connectivity index (χ4v) is 2.63. The number of amides is 2. The highest BCUT2D eigenvalue weighted by Gasteiger charge is 2.41. The van der Waals surface area contributed by atoms with Crippen LogP contribution in [0.15, 0.2) is 18.6 Å². The highest BCUT2D eigenvalue weighted by molar-refractivity contribution is 5.98. The Labute approximate surface area is 168 Å². The van der Waals surface area contributed by atoms with Gasteiger partial charge in [-0.25, -0.2) is 4.98 Å². The average molecular weight is 391 g/mol. The van der Waals surface area contributed by atoms with E-state index < -0.39 is 40.1 Å². The molecule has 0 saturated heterocycles. The molecular weight excluding hydrogens is 356 g/mol. The monoisotopic (exact) mass is 390 g/mol. The Morgan fingerprint density at radius 2 is 1.36 bits per heavy atom. The molecule has 0 spiro atoms. The van der Waals surface area contributed by atoms with E-state index in [1.165, 1.54) is 18.6 Å². The molecule has 2 N–H and O–H groups in total. The molecule has 0 fully saturated rings. The maximum absolute atomic E-state index is 13.1. The summed E-state index contributed by atoms with van der Waals surface area (Å²) in [7, 11) is 0. The van der Waals surface area contributed by atoms with Gasteiger partial charge in [-0.05, 0) is 10.8 Å². The molecule has 7 nitrogen and oxygen atoms in total. The molecule has 2 amide bonds. The minimum absolute atomic E-state index is 0.0544.